The highest BCUT2D eigenvalue weighted by molar-refractivity contribution is 7.99. The fraction of sp³-hybridized carbons (Fsp3) is 0.250. The fourth-order valence-corrected chi connectivity index (χ4v) is 4.10. The topological polar surface area (TPSA) is 55.2 Å². The van der Waals surface area contributed by atoms with E-state index in [1.165, 1.54) is 10.7 Å². The van der Waals surface area contributed by atoms with Gasteiger partial charge in [-0.25, -0.2) is 4.68 Å². The summed E-state index contributed by atoms with van der Waals surface area (Å²) in [5.74, 6) is 1.85. The van der Waals surface area contributed by atoms with Gasteiger partial charge in [-0.3, -0.25) is 9.59 Å². The number of carbonyl (C=O) groups is 1. The third-order valence-electron chi connectivity index (χ3n) is 4.58. The van der Waals surface area contributed by atoms with Gasteiger partial charge in [-0.05, 0) is 16.8 Å². The summed E-state index contributed by atoms with van der Waals surface area (Å²) in [5.41, 5.74) is 1.40. The average molecular weight is 365 g/mol. The van der Waals surface area contributed by atoms with Crippen LogP contribution in [-0.4, -0.2) is 45.2 Å². The maximum Gasteiger partial charge on any atom is 0.267 e. The van der Waals surface area contributed by atoms with Gasteiger partial charge in [0.15, 0.2) is 0 Å². The fourth-order valence-electron chi connectivity index (χ4n) is 3.20. The summed E-state index contributed by atoms with van der Waals surface area (Å²) in [6.07, 6.45) is 0. The molecule has 0 aliphatic carbocycles. The second-order valence-electron chi connectivity index (χ2n) is 6.23. The summed E-state index contributed by atoms with van der Waals surface area (Å²) in [4.78, 5) is 26.5. The number of thioether (sulfide) groups is 1. The minimum absolute atomic E-state index is 0.0118. The number of hydrogen-bond acceptors (Lipinski definition) is 4. The molecule has 2 heterocycles. The molecule has 0 radical (unpaired) electrons. The van der Waals surface area contributed by atoms with Crippen LogP contribution in [0.3, 0.4) is 0 Å². The number of carbonyl (C=O) groups excluding carboxylic acids is 1. The molecule has 26 heavy (non-hydrogen) atoms. The van der Waals surface area contributed by atoms with E-state index in [4.69, 9.17) is 0 Å². The van der Waals surface area contributed by atoms with Crippen molar-refractivity contribution in [2.24, 2.45) is 0 Å². The number of nitrogens with zero attached hydrogens (tertiary/aromatic N) is 3. The van der Waals surface area contributed by atoms with Crippen LogP contribution in [0.5, 0.6) is 0 Å². The Labute approximate surface area is 155 Å². The predicted octanol–water partition coefficient (Wildman–Crippen LogP) is 2.64. The van der Waals surface area contributed by atoms with Gasteiger partial charge in [0.1, 0.15) is 6.54 Å². The van der Waals surface area contributed by atoms with Gasteiger partial charge in [-0.1, -0.05) is 42.5 Å². The maximum absolute atomic E-state index is 12.5. The van der Waals surface area contributed by atoms with Crippen LogP contribution >= 0.6 is 11.8 Å². The number of benzene rings is 2. The Hall–Kier alpha value is -2.60. The summed E-state index contributed by atoms with van der Waals surface area (Å²) >= 11 is 1.85. The number of fused-ring (bicyclic) bond motifs is 1. The Morgan fingerprint density at radius 2 is 1.77 bits per heavy atom. The Kier molecular flexibility index (Phi) is 4.75. The summed E-state index contributed by atoms with van der Waals surface area (Å²) in [5, 5.41) is 6.67. The van der Waals surface area contributed by atoms with E-state index >= 15 is 0 Å². The molecule has 1 aliphatic heterocycles. The molecule has 1 aromatic heterocycles. The molecule has 0 bridgehead atoms. The van der Waals surface area contributed by atoms with Crippen molar-refractivity contribution in [1.29, 1.82) is 0 Å². The van der Waals surface area contributed by atoms with E-state index in [9.17, 15) is 9.59 Å². The third-order valence-corrected chi connectivity index (χ3v) is 5.52. The highest BCUT2D eigenvalue weighted by atomic mass is 32.2. The van der Waals surface area contributed by atoms with Gasteiger partial charge in [0.25, 0.3) is 5.56 Å². The van der Waals surface area contributed by atoms with E-state index in [1.54, 1.807) is 6.07 Å². The van der Waals surface area contributed by atoms with Crippen molar-refractivity contribution in [3.8, 4) is 11.3 Å². The Bertz CT molecular complexity index is 1000. The molecule has 0 saturated carbocycles. The largest absolute Gasteiger partial charge is 0.339 e. The summed E-state index contributed by atoms with van der Waals surface area (Å²) in [6, 6.07) is 17.3. The molecule has 1 saturated heterocycles. The van der Waals surface area contributed by atoms with Crippen LogP contribution in [0.2, 0.25) is 0 Å². The van der Waals surface area contributed by atoms with Crippen molar-refractivity contribution >= 4 is 28.4 Å². The van der Waals surface area contributed by atoms with Crippen LogP contribution < -0.4 is 5.56 Å². The van der Waals surface area contributed by atoms with E-state index in [0.717, 1.165) is 40.9 Å². The number of aromatic nitrogens is 2. The Morgan fingerprint density at radius 3 is 2.62 bits per heavy atom. The number of rotatable bonds is 3. The SMILES string of the molecule is O=C(Cn1nc(-c2cccc3ccccc23)ccc1=O)N1CCSCC1. The van der Waals surface area contributed by atoms with Crippen LogP contribution in [0.25, 0.3) is 22.0 Å². The smallest absolute Gasteiger partial charge is 0.267 e. The quantitative estimate of drug-likeness (QED) is 0.716. The van der Waals surface area contributed by atoms with Crippen molar-refractivity contribution in [1.82, 2.24) is 14.7 Å². The molecule has 0 N–H and O–H groups in total. The van der Waals surface area contributed by atoms with E-state index in [2.05, 4.69) is 5.10 Å². The highest BCUT2D eigenvalue weighted by Crippen LogP contribution is 2.26. The highest BCUT2D eigenvalue weighted by Gasteiger charge is 2.18. The molecule has 4 rings (SSSR count). The van der Waals surface area contributed by atoms with Crippen molar-refractivity contribution in [3.05, 3.63) is 65.0 Å². The molecule has 1 aliphatic rings. The van der Waals surface area contributed by atoms with Gasteiger partial charge in [0.05, 0.1) is 5.69 Å². The first-order valence-electron chi connectivity index (χ1n) is 8.64. The van der Waals surface area contributed by atoms with Gasteiger partial charge in [-0.15, -0.1) is 0 Å². The molecule has 0 spiro atoms. The molecule has 0 atom stereocenters. The van der Waals surface area contributed by atoms with Gasteiger partial charge >= 0.3 is 0 Å². The van der Waals surface area contributed by atoms with Crippen LogP contribution in [0.1, 0.15) is 0 Å². The van der Waals surface area contributed by atoms with Crippen LogP contribution in [0.4, 0.5) is 0 Å². The molecule has 132 valence electrons. The Morgan fingerprint density at radius 1 is 1.00 bits per heavy atom. The van der Waals surface area contributed by atoms with Crippen LogP contribution in [0, 0.1) is 0 Å². The van der Waals surface area contributed by atoms with E-state index < -0.39 is 0 Å². The summed E-state index contributed by atoms with van der Waals surface area (Å²) in [7, 11) is 0. The van der Waals surface area contributed by atoms with Crippen LogP contribution in [0.15, 0.2) is 59.4 Å². The predicted molar refractivity (Wildman–Crippen MR) is 105 cm³/mol. The molecule has 5 nitrogen and oxygen atoms in total. The van der Waals surface area contributed by atoms with E-state index in [0.29, 0.717) is 5.69 Å². The first kappa shape index (κ1) is 16.8. The van der Waals surface area contributed by atoms with E-state index in [-0.39, 0.29) is 18.0 Å². The zero-order chi connectivity index (χ0) is 17.9. The van der Waals surface area contributed by atoms with E-state index in [1.807, 2.05) is 59.1 Å². The molecular formula is C20H19N3O2S. The van der Waals surface area contributed by atoms with Crippen molar-refractivity contribution < 1.29 is 4.79 Å². The summed E-state index contributed by atoms with van der Waals surface area (Å²) < 4.78 is 1.28. The first-order chi connectivity index (χ1) is 12.7. The Balaban J connectivity index is 1.68. The lowest BCUT2D eigenvalue weighted by atomic mass is 10.0. The number of hydrogen-bond donors (Lipinski definition) is 0. The molecule has 2 aromatic carbocycles. The van der Waals surface area contributed by atoms with Crippen molar-refractivity contribution in [3.63, 3.8) is 0 Å². The van der Waals surface area contributed by atoms with Gasteiger partial charge in [0, 0.05) is 36.2 Å². The molecule has 3 aromatic rings. The van der Waals surface area contributed by atoms with Crippen molar-refractivity contribution in [2.45, 2.75) is 6.54 Å². The average Bonchev–Trinajstić information content (AvgIpc) is 2.70. The normalized spacial score (nSPS) is 14.5. The molecule has 1 fully saturated rings. The zero-order valence-electron chi connectivity index (χ0n) is 14.3. The molecular weight excluding hydrogens is 346 g/mol. The minimum atomic E-state index is -0.256. The lowest BCUT2D eigenvalue weighted by Gasteiger charge is -2.26. The van der Waals surface area contributed by atoms with Gasteiger partial charge in [0.2, 0.25) is 5.91 Å². The van der Waals surface area contributed by atoms with Crippen molar-refractivity contribution in [2.75, 3.05) is 24.6 Å². The lowest BCUT2D eigenvalue weighted by Crippen LogP contribution is -2.41. The monoisotopic (exact) mass is 365 g/mol. The molecule has 6 heteroatoms. The maximum atomic E-state index is 12.5. The second-order valence-corrected chi connectivity index (χ2v) is 7.46. The third kappa shape index (κ3) is 3.37. The molecule has 0 unspecified atom stereocenters. The zero-order valence-corrected chi connectivity index (χ0v) is 15.1. The minimum Gasteiger partial charge on any atom is -0.339 e. The van der Waals surface area contributed by atoms with Gasteiger partial charge < -0.3 is 4.90 Å². The standard InChI is InChI=1S/C20H19N3O2S/c24-19-9-8-18(17-7-3-5-15-4-1-2-6-16(15)17)21-23(19)14-20(25)22-10-12-26-13-11-22/h1-9H,10-14H2. The number of amides is 1. The first-order valence-corrected chi connectivity index (χ1v) is 9.80. The molecule has 1 amide bonds. The van der Waals surface area contributed by atoms with Gasteiger partial charge in [-0.2, -0.15) is 16.9 Å². The lowest BCUT2D eigenvalue weighted by molar-refractivity contribution is -0.131. The summed E-state index contributed by atoms with van der Waals surface area (Å²) in [6.45, 7) is 1.46. The van der Waals surface area contributed by atoms with Crippen LogP contribution in [-0.2, 0) is 11.3 Å². The second kappa shape index (κ2) is 7.33.